The Balaban J connectivity index is 1.82. The Morgan fingerprint density at radius 3 is 3.10 bits per heavy atom. The van der Waals surface area contributed by atoms with E-state index in [4.69, 9.17) is 5.73 Å². The molecule has 0 fully saturated rings. The highest BCUT2D eigenvalue weighted by molar-refractivity contribution is 5.94. The van der Waals surface area contributed by atoms with Crippen LogP contribution in [-0.2, 0) is 6.42 Å². The van der Waals surface area contributed by atoms with Gasteiger partial charge in [-0.05, 0) is 24.6 Å². The number of aromatic nitrogens is 3. The van der Waals surface area contributed by atoms with Crippen LogP contribution in [0.2, 0.25) is 0 Å². The maximum atomic E-state index is 12.0. The van der Waals surface area contributed by atoms with E-state index in [2.05, 4.69) is 32.3 Å². The Morgan fingerprint density at radius 1 is 1.43 bits per heavy atom. The van der Waals surface area contributed by atoms with Crippen molar-refractivity contribution in [1.82, 2.24) is 20.5 Å². The van der Waals surface area contributed by atoms with Crippen LogP contribution in [0.3, 0.4) is 0 Å². The number of hydrogen-bond donors (Lipinski definition) is 3. The highest BCUT2D eigenvalue weighted by atomic mass is 16.1. The topological polar surface area (TPSA) is 96.7 Å². The normalized spacial score (nSPS) is 9.76. The molecule has 2 aromatic rings. The minimum absolute atomic E-state index is 0.107. The van der Waals surface area contributed by atoms with Gasteiger partial charge in [0.05, 0.1) is 6.54 Å². The van der Waals surface area contributed by atoms with Gasteiger partial charge in [-0.25, -0.2) is 4.98 Å². The Hall–Kier alpha value is -2.65. The second-order valence-corrected chi connectivity index (χ2v) is 4.38. The first-order chi connectivity index (χ1) is 10.3. The van der Waals surface area contributed by atoms with E-state index in [1.807, 2.05) is 12.1 Å². The van der Waals surface area contributed by atoms with E-state index in [0.717, 1.165) is 24.2 Å². The van der Waals surface area contributed by atoms with Crippen LogP contribution >= 0.6 is 0 Å². The summed E-state index contributed by atoms with van der Waals surface area (Å²) in [4.78, 5) is 16.0. The first-order valence-corrected chi connectivity index (χ1v) is 6.71. The fraction of sp³-hybridized carbons (Fsp3) is 0.267. The molecule has 0 aliphatic rings. The molecule has 6 nitrogen and oxygen atoms in total. The number of carbonyl (C=O) groups is 1. The molecule has 0 saturated carbocycles. The summed E-state index contributed by atoms with van der Waals surface area (Å²) in [5.74, 6) is 6.39. The van der Waals surface area contributed by atoms with Gasteiger partial charge < -0.3 is 11.1 Å². The molecular formula is C15H17N5O. The molecule has 4 N–H and O–H groups in total. The fourth-order valence-electron chi connectivity index (χ4n) is 1.80. The van der Waals surface area contributed by atoms with Gasteiger partial charge in [-0.1, -0.05) is 17.9 Å². The van der Waals surface area contributed by atoms with Crippen molar-refractivity contribution in [2.75, 3.05) is 13.1 Å². The maximum absolute atomic E-state index is 12.0. The maximum Gasteiger partial charge on any atom is 0.251 e. The number of amides is 1. The fourth-order valence-corrected chi connectivity index (χ4v) is 1.80. The van der Waals surface area contributed by atoms with Crippen LogP contribution in [0, 0.1) is 11.8 Å². The lowest BCUT2D eigenvalue weighted by molar-refractivity contribution is 0.0953. The van der Waals surface area contributed by atoms with Crippen molar-refractivity contribution in [2.45, 2.75) is 12.8 Å². The van der Waals surface area contributed by atoms with Crippen molar-refractivity contribution >= 4 is 5.91 Å². The molecule has 0 aliphatic heterocycles. The highest BCUT2D eigenvalue weighted by Crippen LogP contribution is 2.04. The number of nitrogens with one attached hydrogen (secondary N) is 2. The van der Waals surface area contributed by atoms with Crippen LogP contribution < -0.4 is 11.1 Å². The molecule has 1 amide bonds. The number of H-pyrrole nitrogens is 1. The first-order valence-electron chi connectivity index (χ1n) is 6.71. The average molecular weight is 283 g/mol. The molecule has 6 heteroatoms. The number of rotatable bonds is 5. The van der Waals surface area contributed by atoms with E-state index in [9.17, 15) is 4.79 Å². The van der Waals surface area contributed by atoms with Crippen LogP contribution in [0.15, 0.2) is 30.6 Å². The molecule has 108 valence electrons. The van der Waals surface area contributed by atoms with Gasteiger partial charge in [0.1, 0.15) is 12.2 Å². The molecule has 0 atom stereocenters. The van der Waals surface area contributed by atoms with Crippen molar-refractivity contribution in [1.29, 1.82) is 0 Å². The van der Waals surface area contributed by atoms with Crippen molar-refractivity contribution in [3.63, 3.8) is 0 Å². The third kappa shape index (κ3) is 4.75. The lowest BCUT2D eigenvalue weighted by Gasteiger charge is -2.04. The molecule has 0 bridgehead atoms. The molecule has 0 aliphatic carbocycles. The number of hydrogen-bond acceptors (Lipinski definition) is 4. The largest absolute Gasteiger partial charge is 0.352 e. The van der Waals surface area contributed by atoms with Gasteiger partial charge in [0.25, 0.3) is 5.91 Å². The summed E-state index contributed by atoms with van der Waals surface area (Å²) >= 11 is 0. The highest BCUT2D eigenvalue weighted by Gasteiger charge is 2.05. The predicted molar refractivity (Wildman–Crippen MR) is 79.4 cm³/mol. The van der Waals surface area contributed by atoms with Gasteiger partial charge in [-0.3, -0.25) is 9.89 Å². The molecule has 1 aromatic carbocycles. The molecule has 2 rings (SSSR count). The van der Waals surface area contributed by atoms with Gasteiger partial charge in [0, 0.05) is 24.1 Å². The van der Waals surface area contributed by atoms with E-state index < -0.39 is 0 Å². The summed E-state index contributed by atoms with van der Waals surface area (Å²) in [6.07, 6.45) is 3.03. The van der Waals surface area contributed by atoms with Gasteiger partial charge >= 0.3 is 0 Å². The quantitative estimate of drug-likeness (QED) is 0.549. The molecule has 0 spiro atoms. The minimum Gasteiger partial charge on any atom is -0.352 e. The summed E-state index contributed by atoms with van der Waals surface area (Å²) in [6, 6.07) is 7.18. The summed E-state index contributed by atoms with van der Waals surface area (Å²) in [6.45, 7) is 0.885. The number of nitrogens with zero attached hydrogens (tertiary/aromatic N) is 2. The Kier molecular flexibility index (Phi) is 5.50. The predicted octanol–water partition coefficient (Wildman–Crippen LogP) is 0.477. The first kappa shape index (κ1) is 14.8. The SMILES string of the molecule is NCC#Cc1cccc(C(=O)NCCCc2ncn[nH]2)c1. The van der Waals surface area contributed by atoms with Crippen molar-refractivity contribution in [2.24, 2.45) is 5.73 Å². The van der Waals surface area contributed by atoms with Crippen LogP contribution in [0.5, 0.6) is 0 Å². The zero-order valence-corrected chi connectivity index (χ0v) is 11.6. The summed E-state index contributed by atoms with van der Waals surface area (Å²) in [7, 11) is 0. The van der Waals surface area contributed by atoms with Crippen molar-refractivity contribution < 1.29 is 4.79 Å². The zero-order chi connectivity index (χ0) is 14.9. The number of carbonyl (C=O) groups excluding carboxylic acids is 1. The van der Waals surface area contributed by atoms with Gasteiger partial charge in [-0.2, -0.15) is 5.10 Å². The third-order valence-corrected chi connectivity index (χ3v) is 2.80. The van der Waals surface area contributed by atoms with Crippen molar-refractivity contribution in [3.05, 3.63) is 47.5 Å². The Bertz CT molecular complexity index is 640. The smallest absolute Gasteiger partial charge is 0.251 e. The average Bonchev–Trinajstić information content (AvgIpc) is 3.03. The summed E-state index contributed by atoms with van der Waals surface area (Å²) in [5.41, 5.74) is 6.71. The van der Waals surface area contributed by atoms with E-state index in [1.54, 1.807) is 12.1 Å². The number of aryl methyl sites for hydroxylation is 1. The zero-order valence-electron chi connectivity index (χ0n) is 11.6. The molecule has 1 aromatic heterocycles. The van der Waals surface area contributed by atoms with Crippen LogP contribution in [0.1, 0.15) is 28.2 Å². The molecule has 1 heterocycles. The number of benzene rings is 1. The standard InChI is InChI=1S/C15H17N5O/c16-8-2-5-12-4-1-6-13(10-12)15(21)17-9-3-7-14-18-11-19-20-14/h1,4,6,10-11H,3,7-9,16H2,(H,17,21)(H,18,19,20). The molecular weight excluding hydrogens is 266 g/mol. The van der Waals surface area contributed by atoms with E-state index >= 15 is 0 Å². The number of aromatic amines is 1. The molecule has 0 radical (unpaired) electrons. The van der Waals surface area contributed by atoms with Crippen molar-refractivity contribution in [3.8, 4) is 11.8 Å². The van der Waals surface area contributed by atoms with Gasteiger partial charge in [-0.15, -0.1) is 0 Å². The lowest BCUT2D eigenvalue weighted by Crippen LogP contribution is -2.24. The van der Waals surface area contributed by atoms with Gasteiger partial charge in [0.15, 0.2) is 0 Å². The molecule has 0 unspecified atom stereocenters. The lowest BCUT2D eigenvalue weighted by atomic mass is 10.1. The van der Waals surface area contributed by atoms with E-state index in [0.29, 0.717) is 18.7 Å². The van der Waals surface area contributed by atoms with Crippen LogP contribution in [-0.4, -0.2) is 34.2 Å². The minimum atomic E-state index is -0.107. The van der Waals surface area contributed by atoms with E-state index in [-0.39, 0.29) is 5.91 Å². The number of nitrogens with two attached hydrogens (primary N) is 1. The third-order valence-electron chi connectivity index (χ3n) is 2.80. The Labute approximate surface area is 123 Å². The Morgan fingerprint density at radius 2 is 2.33 bits per heavy atom. The summed E-state index contributed by atoms with van der Waals surface area (Å²) in [5, 5.41) is 9.43. The monoisotopic (exact) mass is 283 g/mol. The van der Waals surface area contributed by atoms with Crippen LogP contribution in [0.4, 0.5) is 0 Å². The van der Waals surface area contributed by atoms with E-state index in [1.165, 1.54) is 6.33 Å². The molecule has 0 saturated heterocycles. The van der Waals surface area contributed by atoms with Crippen LogP contribution in [0.25, 0.3) is 0 Å². The summed E-state index contributed by atoms with van der Waals surface area (Å²) < 4.78 is 0. The van der Waals surface area contributed by atoms with Gasteiger partial charge in [0.2, 0.25) is 0 Å². The second-order valence-electron chi connectivity index (χ2n) is 4.38. The second kappa shape index (κ2) is 7.82. The molecule has 21 heavy (non-hydrogen) atoms.